The summed E-state index contributed by atoms with van der Waals surface area (Å²) in [5.74, 6) is 0.0221. The van der Waals surface area contributed by atoms with Gasteiger partial charge in [0, 0.05) is 23.7 Å². The molecule has 0 fully saturated rings. The van der Waals surface area contributed by atoms with Gasteiger partial charge < -0.3 is 10.6 Å². The molecule has 4 nitrogen and oxygen atoms in total. The van der Waals surface area contributed by atoms with Crippen LogP contribution in [0.15, 0.2) is 24.3 Å². The molecule has 0 aliphatic heterocycles. The van der Waals surface area contributed by atoms with Gasteiger partial charge in [-0.2, -0.15) is 0 Å². The molecular weight excluding hydrogens is 333 g/mol. The van der Waals surface area contributed by atoms with Crippen LogP contribution in [0.2, 0.25) is 0 Å². The monoisotopic (exact) mass is 355 g/mol. The first-order valence-corrected chi connectivity index (χ1v) is 7.56. The second-order valence-corrected chi connectivity index (χ2v) is 5.68. The van der Waals surface area contributed by atoms with Crippen LogP contribution in [0.4, 0.5) is 0 Å². The van der Waals surface area contributed by atoms with Gasteiger partial charge in [0.1, 0.15) is 0 Å². The van der Waals surface area contributed by atoms with E-state index in [4.69, 9.17) is 4.98 Å². The van der Waals surface area contributed by atoms with E-state index in [0.29, 0.717) is 6.54 Å². The number of amides is 1. The maximum atomic E-state index is 12.7. The van der Waals surface area contributed by atoms with Crippen LogP contribution in [-0.4, -0.2) is 30.5 Å². The van der Waals surface area contributed by atoms with Gasteiger partial charge in [0.15, 0.2) is 0 Å². The maximum Gasteiger partial charge on any atom is 0.252 e. The molecule has 0 bridgehead atoms. The summed E-state index contributed by atoms with van der Waals surface area (Å²) in [7, 11) is 1.90. The van der Waals surface area contributed by atoms with Crippen molar-refractivity contribution in [1.29, 1.82) is 0 Å². The fraction of sp³-hybridized carbons (Fsp3) is 0.412. The number of aromatic nitrogens is 1. The molecule has 0 saturated carbocycles. The highest BCUT2D eigenvalue weighted by Gasteiger charge is 2.23. The Hall–Kier alpha value is -1.36. The molecule has 2 aromatic rings. The Morgan fingerprint density at radius 2 is 2.00 bits per heavy atom. The minimum absolute atomic E-state index is 0. The fourth-order valence-corrected chi connectivity index (χ4v) is 2.91. The molecule has 1 aromatic heterocycles. The quantitative estimate of drug-likeness (QED) is 0.886. The Morgan fingerprint density at radius 3 is 2.74 bits per heavy atom. The molecule has 3 rings (SSSR count). The van der Waals surface area contributed by atoms with Crippen LogP contribution in [0.1, 0.15) is 35.0 Å². The van der Waals surface area contributed by atoms with Crippen molar-refractivity contribution in [2.45, 2.75) is 32.2 Å². The smallest absolute Gasteiger partial charge is 0.252 e. The van der Waals surface area contributed by atoms with E-state index in [1.165, 1.54) is 0 Å². The number of nitrogens with one attached hydrogen (secondary N) is 2. The summed E-state index contributed by atoms with van der Waals surface area (Å²) in [6.07, 6.45) is 3.02. The van der Waals surface area contributed by atoms with Crippen molar-refractivity contribution >= 4 is 41.6 Å². The highest BCUT2D eigenvalue weighted by atomic mass is 35.5. The third-order valence-electron chi connectivity index (χ3n) is 4.21. The highest BCUT2D eigenvalue weighted by Crippen LogP contribution is 2.29. The number of carbonyl (C=O) groups is 1. The molecule has 1 aliphatic carbocycles. The normalized spacial score (nSPS) is 13.7. The molecule has 1 heterocycles. The number of benzene rings is 1. The van der Waals surface area contributed by atoms with Gasteiger partial charge in [0.2, 0.25) is 0 Å². The van der Waals surface area contributed by atoms with Crippen molar-refractivity contribution in [3.63, 3.8) is 0 Å². The summed E-state index contributed by atoms with van der Waals surface area (Å²) in [6, 6.07) is 8.19. The topological polar surface area (TPSA) is 54.0 Å². The number of aryl methyl sites for hydroxylation is 1. The predicted octanol–water partition coefficient (Wildman–Crippen LogP) is 2.90. The van der Waals surface area contributed by atoms with E-state index in [-0.39, 0.29) is 36.8 Å². The first-order chi connectivity index (χ1) is 10.2. The lowest BCUT2D eigenvalue weighted by Gasteiger charge is -2.15. The highest BCUT2D eigenvalue weighted by molar-refractivity contribution is 6.07. The first kappa shape index (κ1) is 19.7. The molecule has 1 atom stereocenters. The van der Waals surface area contributed by atoms with Crippen molar-refractivity contribution in [2.24, 2.45) is 0 Å². The number of pyridine rings is 1. The summed E-state index contributed by atoms with van der Waals surface area (Å²) < 4.78 is 0. The summed E-state index contributed by atoms with van der Waals surface area (Å²) >= 11 is 0. The van der Waals surface area contributed by atoms with Crippen molar-refractivity contribution in [3.8, 4) is 0 Å². The van der Waals surface area contributed by atoms with Crippen molar-refractivity contribution < 1.29 is 4.79 Å². The van der Waals surface area contributed by atoms with E-state index in [9.17, 15) is 4.79 Å². The Bertz CT molecular complexity index is 691. The van der Waals surface area contributed by atoms with Gasteiger partial charge in [-0.3, -0.25) is 9.78 Å². The van der Waals surface area contributed by atoms with E-state index >= 15 is 0 Å². The van der Waals surface area contributed by atoms with E-state index in [0.717, 1.165) is 47.0 Å². The second kappa shape index (κ2) is 8.48. The van der Waals surface area contributed by atoms with Crippen molar-refractivity contribution in [2.75, 3.05) is 13.6 Å². The number of nitrogens with zero attached hydrogens (tertiary/aromatic N) is 1. The summed E-state index contributed by atoms with van der Waals surface area (Å²) in [5, 5.41) is 7.14. The molecule has 1 amide bonds. The zero-order valence-electron chi connectivity index (χ0n) is 13.4. The minimum Gasteiger partial charge on any atom is -0.350 e. The summed E-state index contributed by atoms with van der Waals surface area (Å²) in [4.78, 5) is 17.4. The molecular formula is C17H23Cl2N3O. The molecule has 126 valence electrons. The summed E-state index contributed by atoms with van der Waals surface area (Å²) in [6.45, 7) is 2.68. The zero-order valence-corrected chi connectivity index (χ0v) is 15.0. The van der Waals surface area contributed by atoms with E-state index in [1.807, 2.05) is 31.3 Å². The van der Waals surface area contributed by atoms with E-state index < -0.39 is 0 Å². The van der Waals surface area contributed by atoms with Crippen LogP contribution in [-0.2, 0) is 12.8 Å². The first-order valence-electron chi connectivity index (χ1n) is 7.56. The van der Waals surface area contributed by atoms with E-state index in [2.05, 4.69) is 17.6 Å². The van der Waals surface area contributed by atoms with Crippen LogP contribution in [0.3, 0.4) is 0 Å². The third kappa shape index (κ3) is 3.94. The number of hydrogen-bond acceptors (Lipinski definition) is 3. The zero-order chi connectivity index (χ0) is 14.8. The second-order valence-electron chi connectivity index (χ2n) is 5.68. The van der Waals surface area contributed by atoms with Gasteiger partial charge in [-0.1, -0.05) is 18.2 Å². The van der Waals surface area contributed by atoms with Gasteiger partial charge in [-0.25, -0.2) is 0 Å². The number of halogens is 2. The van der Waals surface area contributed by atoms with Gasteiger partial charge in [0.25, 0.3) is 5.91 Å². The number of para-hydroxylation sites is 1. The largest absolute Gasteiger partial charge is 0.350 e. The number of fused-ring (bicyclic) bond motifs is 2. The van der Waals surface area contributed by atoms with Gasteiger partial charge in [0.05, 0.1) is 11.1 Å². The average Bonchev–Trinajstić information content (AvgIpc) is 2.97. The lowest BCUT2D eigenvalue weighted by molar-refractivity contribution is 0.0951. The average molecular weight is 356 g/mol. The molecule has 0 radical (unpaired) electrons. The van der Waals surface area contributed by atoms with Crippen LogP contribution in [0.25, 0.3) is 10.9 Å². The van der Waals surface area contributed by atoms with Gasteiger partial charge >= 0.3 is 0 Å². The number of rotatable bonds is 4. The standard InChI is InChI=1S/C17H21N3O.2ClH/c1-11(18-2)10-19-17(21)16-12-6-3-4-8-14(12)20-15-9-5-7-13(15)16;;/h3-4,6,8,11,18H,5,7,9-10H2,1-2H3,(H,19,21);2*1H. The third-order valence-corrected chi connectivity index (χ3v) is 4.21. The minimum atomic E-state index is 0. The lowest BCUT2D eigenvalue weighted by Crippen LogP contribution is -2.37. The SMILES string of the molecule is CNC(C)CNC(=O)c1c2c(nc3ccccc13)CCC2.Cl.Cl. The molecule has 2 N–H and O–H groups in total. The van der Waals surface area contributed by atoms with Crippen molar-refractivity contribution in [1.82, 2.24) is 15.6 Å². The lowest BCUT2D eigenvalue weighted by atomic mass is 10.0. The van der Waals surface area contributed by atoms with Gasteiger partial charge in [-0.15, -0.1) is 24.8 Å². The maximum absolute atomic E-state index is 12.7. The van der Waals surface area contributed by atoms with Crippen molar-refractivity contribution in [3.05, 3.63) is 41.1 Å². The molecule has 6 heteroatoms. The molecule has 0 saturated heterocycles. The number of likely N-dealkylation sites (N-methyl/N-ethyl adjacent to an activating group) is 1. The molecule has 1 unspecified atom stereocenters. The summed E-state index contributed by atoms with van der Waals surface area (Å²) in [5.41, 5.74) is 3.99. The van der Waals surface area contributed by atoms with E-state index in [1.54, 1.807) is 0 Å². The van der Waals surface area contributed by atoms with Crippen LogP contribution in [0.5, 0.6) is 0 Å². The Labute approximate surface area is 149 Å². The Kier molecular flexibility index (Phi) is 7.26. The molecule has 1 aromatic carbocycles. The number of hydrogen-bond donors (Lipinski definition) is 2. The Morgan fingerprint density at radius 1 is 1.26 bits per heavy atom. The van der Waals surface area contributed by atoms with Crippen LogP contribution < -0.4 is 10.6 Å². The Balaban J connectivity index is 0.00000132. The van der Waals surface area contributed by atoms with Crippen LogP contribution in [0, 0.1) is 0 Å². The fourth-order valence-electron chi connectivity index (χ4n) is 2.91. The number of carbonyl (C=O) groups excluding carboxylic acids is 1. The van der Waals surface area contributed by atoms with Gasteiger partial charge in [-0.05, 0) is 44.9 Å². The van der Waals surface area contributed by atoms with Crippen LogP contribution >= 0.6 is 24.8 Å². The predicted molar refractivity (Wildman–Crippen MR) is 99.1 cm³/mol. The molecule has 1 aliphatic rings. The molecule has 23 heavy (non-hydrogen) atoms. The molecule has 0 spiro atoms.